The number of hydrogen-bond acceptors (Lipinski definition) is 4. The Labute approximate surface area is 149 Å². The molecule has 1 aromatic rings. The Morgan fingerprint density at radius 3 is 1.88 bits per heavy atom. The lowest BCUT2D eigenvalue weighted by molar-refractivity contribution is -0.128. The predicted octanol–water partition coefficient (Wildman–Crippen LogP) is 4.68. The smallest absolute Gasteiger partial charge is 0.343 e. The summed E-state index contributed by atoms with van der Waals surface area (Å²) >= 11 is 0. The molecule has 1 atom stereocenters. The van der Waals surface area contributed by atoms with Crippen molar-refractivity contribution < 1.29 is 36.0 Å². The molecule has 0 saturated carbocycles. The SMILES string of the molecule is CCC(C)C(=NOCc1c(F)c(F)c(F)c(F)c1F)C(=O)O[Si](C)(C)C. The predicted molar refractivity (Wildman–Crippen MR) is 87.3 cm³/mol. The van der Waals surface area contributed by atoms with Gasteiger partial charge in [0.15, 0.2) is 29.0 Å². The number of halogens is 5. The maximum atomic E-state index is 13.6. The van der Waals surface area contributed by atoms with E-state index in [9.17, 15) is 26.7 Å². The van der Waals surface area contributed by atoms with Gasteiger partial charge in [-0.2, -0.15) is 0 Å². The standard InChI is InChI=1S/C16H20F5NO3Si/c1-6-8(2)15(16(23)25-26(3,4)5)22-24-7-9-10(17)12(19)14(21)13(20)11(9)18/h8H,6-7H2,1-5H3. The maximum Gasteiger partial charge on any atom is 0.343 e. The van der Waals surface area contributed by atoms with Gasteiger partial charge in [-0.25, -0.2) is 26.7 Å². The van der Waals surface area contributed by atoms with E-state index in [0.717, 1.165) is 0 Å². The van der Waals surface area contributed by atoms with E-state index in [1.807, 2.05) is 0 Å². The first-order valence-corrected chi connectivity index (χ1v) is 11.2. The highest BCUT2D eigenvalue weighted by atomic mass is 28.4. The summed E-state index contributed by atoms with van der Waals surface area (Å²) in [7, 11) is -2.23. The van der Waals surface area contributed by atoms with Crippen LogP contribution in [0.3, 0.4) is 0 Å². The van der Waals surface area contributed by atoms with Crippen molar-refractivity contribution >= 4 is 20.0 Å². The molecule has 26 heavy (non-hydrogen) atoms. The minimum absolute atomic E-state index is 0.126. The normalized spacial score (nSPS) is 13.5. The van der Waals surface area contributed by atoms with E-state index in [1.165, 1.54) is 0 Å². The molecule has 146 valence electrons. The van der Waals surface area contributed by atoms with Gasteiger partial charge in [-0.05, 0) is 26.1 Å². The molecule has 0 heterocycles. The van der Waals surface area contributed by atoms with Crippen LogP contribution in [0.5, 0.6) is 0 Å². The van der Waals surface area contributed by atoms with Crippen LogP contribution in [0.2, 0.25) is 19.6 Å². The van der Waals surface area contributed by atoms with Gasteiger partial charge in [0.2, 0.25) is 14.1 Å². The van der Waals surface area contributed by atoms with E-state index in [0.29, 0.717) is 6.42 Å². The summed E-state index contributed by atoms with van der Waals surface area (Å²) in [5, 5.41) is 3.53. The lowest BCUT2D eigenvalue weighted by atomic mass is 10.0. The molecule has 0 saturated heterocycles. The van der Waals surface area contributed by atoms with Crippen LogP contribution in [0.25, 0.3) is 0 Å². The zero-order valence-corrected chi connectivity index (χ0v) is 16.1. The number of oxime groups is 1. The zero-order valence-electron chi connectivity index (χ0n) is 15.1. The van der Waals surface area contributed by atoms with Gasteiger partial charge in [-0.1, -0.05) is 19.0 Å². The first-order valence-electron chi connectivity index (χ1n) is 7.84. The van der Waals surface area contributed by atoms with Crippen LogP contribution in [0.1, 0.15) is 25.8 Å². The summed E-state index contributed by atoms with van der Waals surface area (Å²) in [6, 6.07) is 0. The molecule has 0 N–H and O–H groups in total. The number of rotatable bonds is 7. The van der Waals surface area contributed by atoms with Gasteiger partial charge in [0, 0.05) is 5.92 Å². The van der Waals surface area contributed by atoms with E-state index in [4.69, 9.17) is 9.26 Å². The molecular formula is C16H20F5NO3Si. The summed E-state index contributed by atoms with van der Waals surface area (Å²) < 4.78 is 71.8. The fourth-order valence-electron chi connectivity index (χ4n) is 1.80. The summed E-state index contributed by atoms with van der Waals surface area (Å²) in [4.78, 5) is 16.9. The van der Waals surface area contributed by atoms with Gasteiger partial charge in [0.25, 0.3) is 0 Å². The van der Waals surface area contributed by atoms with Crippen molar-refractivity contribution in [2.45, 2.75) is 46.5 Å². The maximum absolute atomic E-state index is 13.6. The number of nitrogens with zero attached hydrogens (tertiary/aromatic N) is 1. The Bertz CT molecular complexity index is 690. The molecule has 0 aliphatic carbocycles. The van der Waals surface area contributed by atoms with Crippen molar-refractivity contribution in [3.63, 3.8) is 0 Å². The number of carbonyl (C=O) groups excluding carboxylic acids is 1. The van der Waals surface area contributed by atoms with Crippen LogP contribution in [-0.4, -0.2) is 20.0 Å². The Balaban J connectivity index is 3.08. The minimum atomic E-state index is -2.26. The fraction of sp³-hybridized carbons (Fsp3) is 0.500. The molecule has 1 aromatic carbocycles. The first-order chi connectivity index (χ1) is 11.9. The van der Waals surface area contributed by atoms with E-state index < -0.39 is 61.5 Å². The molecule has 1 unspecified atom stereocenters. The Kier molecular flexibility index (Phi) is 7.31. The molecule has 4 nitrogen and oxygen atoms in total. The van der Waals surface area contributed by atoms with Gasteiger partial charge < -0.3 is 9.26 Å². The van der Waals surface area contributed by atoms with Crippen molar-refractivity contribution in [2.75, 3.05) is 0 Å². The molecule has 0 amide bonds. The lowest BCUT2D eigenvalue weighted by Gasteiger charge is -2.20. The van der Waals surface area contributed by atoms with Crippen LogP contribution in [0, 0.1) is 35.0 Å². The lowest BCUT2D eigenvalue weighted by Crippen LogP contribution is -2.35. The molecule has 0 aliphatic rings. The van der Waals surface area contributed by atoms with E-state index >= 15 is 0 Å². The van der Waals surface area contributed by atoms with Crippen LogP contribution >= 0.6 is 0 Å². The summed E-state index contributed by atoms with van der Waals surface area (Å²) in [6.07, 6.45) is 0.492. The van der Waals surface area contributed by atoms with Crippen LogP contribution in [0.4, 0.5) is 22.0 Å². The minimum Gasteiger partial charge on any atom is -0.515 e. The average molecular weight is 397 g/mol. The van der Waals surface area contributed by atoms with Crippen molar-refractivity contribution in [3.8, 4) is 0 Å². The second-order valence-corrected chi connectivity index (χ2v) is 11.0. The highest BCUT2D eigenvalue weighted by molar-refractivity contribution is 6.72. The highest BCUT2D eigenvalue weighted by Gasteiger charge is 2.28. The van der Waals surface area contributed by atoms with Crippen LogP contribution in [-0.2, 0) is 20.7 Å². The zero-order chi connectivity index (χ0) is 20.2. The fourth-order valence-corrected chi connectivity index (χ4v) is 2.46. The molecular weight excluding hydrogens is 377 g/mol. The van der Waals surface area contributed by atoms with Gasteiger partial charge >= 0.3 is 5.97 Å². The van der Waals surface area contributed by atoms with E-state index in [2.05, 4.69) is 5.16 Å². The Hall–Kier alpha value is -1.97. The summed E-state index contributed by atoms with van der Waals surface area (Å²) in [6.45, 7) is 7.71. The quantitative estimate of drug-likeness (QED) is 0.168. The van der Waals surface area contributed by atoms with E-state index in [-0.39, 0.29) is 5.71 Å². The average Bonchev–Trinajstić information content (AvgIpc) is 2.55. The van der Waals surface area contributed by atoms with Crippen molar-refractivity contribution in [3.05, 3.63) is 34.6 Å². The van der Waals surface area contributed by atoms with Gasteiger partial charge in [-0.3, -0.25) is 0 Å². The molecule has 1 rings (SSSR count). The number of hydrogen-bond donors (Lipinski definition) is 0. The summed E-state index contributed by atoms with van der Waals surface area (Å²) in [5.41, 5.74) is -1.30. The molecule has 0 bridgehead atoms. The third-order valence-corrected chi connectivity index (χ3v) is 4.16. The van der Waals surface area contributed by atoms with Crippen molar-refractivity contribution in [2.24, 2.45) is 11.1 Å². The third kappa shape index (κ3) is 5.26. The van der Waals surface area contributed by atoms with Crippen LogP contribution < -0.4 is 0 Å². The highest BCUT2D eigenvalue weighted by Crippen LogP contribution is 2.23. The largest absolute Gasteiger partial charge is 0.515 e. The first kappa shape index (κ1) is 22.1. The molecule has 10 heteroatoms. The van der Waals surface area contributed by atoms with Gasteiger partial charge in [0.1, 0.15) is 6.61 Å². The number of benzene rings is 1. The van der Waals surface area contributed by atoms with Gasteiger partial charge in [0.05, 0.1) is 5.56 Å². The van der Waals surface area contributed by atoms with Crippen LogP contribution in [0.15, 0.2) is 5.16 Å². The Morgan fingerprint density at radius 2 is 1.46 bits per heavy atom. The van der Waals surface area contributed by atoms with Crippen molar-refractivity contribution in [1.82, 2.24) is 0 Å². The molecule has 0 aromatic heterocycles. The molecule has 0 aliphatic heterocycles. The Morgan fingerprint density at radius 1 is 1.00 bits per heavy atom. The van der Waals surface area contributed by atoms with Crippen molar-refractivity contribution in [1.29, 1.82) is 0 Å². The molecule has 0 spiro atoms. The van der Waals surface area contributed by atoms with E-state index in [1.54, 1.807) is 33.5 Å². The second kappa shape index (κ2) is 8.61. The topological polar surface area (TPSA) is 47.9 Å². The molecule has 0 radical (unpaired) electrons. The number of carbonyl (C=O) groups is 1. The third-order valence-electron chi connectivity index (χ3n) is 3.36. The monoisotopic (exact) mass is 397 g/mol. The van der Waals surface area contributed by atoms with Gasteiger partial charge in [-0.15, -0.1) is 0 Å². The second-order valence-electron chi connectivity index (χ2n) is 6.61. The summed E-state index contributed by atoms with van der Waals surface area (Å²) in [5.74, 6) is -11.6. The molecule has 0 fully saturated rings.